The summed E-state index contributed by atoms with van der Waals surface area (Å²) in [5.74, 6) is 0.773. The second kappa shape index (κ2) is 10.3. The van der Waals surface area contributed by atoms with Crippen LogP contribution in [0.25, 0.3) is 10.8 Å². The van der Waals surface area contributed by atoms with Gasteiger partial charge in [0.1, 0.15) is 0 Å². The van der Waals surface area contributed by atoms with E-state index in [0.29, 0.717) is 33.0 Å². The summed E-state index contributed by atoms with van der Waals surface area (Å²) in [6.07, 6.45) is 1.69. The van der Waals surface area contributed by atoms with Gasteiger partial charge in [-0.2, -0.15) is 4.98 Å². The molecule has 1 amide bonds. The van der Waals surface area contributed by atoms with E-state index in [-0.39, 0.29) is 12.3 Å². The van der Waals surface area contributed by atoms with Gasteiger partial charge in [-0.25, -0.2) is 0 Å². The number of hydrogen-bond acceptors (Lipinski definition) is 7. The Labute approximate surface area is 230 Å². The van der Waals surface area contributed by atoms with Crippen LogP contribution in [0.3, 0.4) is 0 Å². The normalized spacial score (nSPS) is 15.8. The summed E-state index contributed by atoms with van der Waals surface area (Å²) in [6.45, 7) is 3.63. The Kier molecular flexibility index (Phi) is 7.26. The van der Waals surface area contributed by atoms with E-state index in [1.54, 1.807) is 54.7 Å². The van der Waals surface area contributed by atoms with Crippen LogP contribution in [-0.4, -0.2) is 24.8 Å². The van der Waals surface area contributed by atoms with Crippen molar-refractivity contribution >= 4 is 57.2 Å². The summed E-state index contributed by atoms with van der Waals surface area (Å²) in [6, 6.07) is 14.2. The highest BCUT2D eigenvalue weighted by Crippen LogP contribution is 2.57. The van der Waals surface area contributed by atoms with Crippen molar-refractivity contribution in [2.24, 2.45) is 0 Å². The fraction of sp³-hybridized carbons (Fsp3) is 0.269. The molecule has 4 aromatic rings. The second-order valence-corrected chi connectivity index (χ2v) is 12.4. The summed E-state index contributed by atoms with van der Waals surface area (Å²) >= 11 is 12.7. The van der Waals surface area contributed by atoms with Gasteiger partial charge in [0.25, 0.3) is 5.89 Å². The topological polar surface area (TPSA) is 108 Å². The maximum absolute atomic E-state index is 12.7. The van der Waals surface area contributed by atoms with Crippen LogP contribution in [0, 0.1) is 6.92 Å². The van der Waals surface area contributed by atoms with Gasteiger partial charge >= 0.3 is 0 Å². The van der Waals surface area contributed by atoms with Crippen LogP contribution in [0.1, 0.15) is 52.4 Å². The molecule has 1 aliphatic carbocycles. The molecule has 0 radical (unpaired) electrons. The minimum Gasteiger partial charge on any atom is -0.772 e. The Morgan fingerprint density at radius 2 is 1.86 bits per heavy atom. The van der Waals surface area contributed by atoms with E-state index in [9.17, 15) is 13.6 Å². The first-order chi connectivity index (χ1) is 17.7. The molecule has 2 atom stereocenters. The van der Waals surface area contributed by atoms with Crippen molar-refractivity contribution in [3.05, 3.63) is 86.0 Å². The first-order valence-corrected chi connectivity index (χ1v) is 14.2. The van der Waals surface area contributed by atoms with Gasteiger partial charge in [-0.05, 0) is 73.2 Å². The van der Waals surface area contributed by atoms with Gasteiger partial charge in [0.2, 0.25) is 5.91 Å². The van der Waals surface area contributed by atoms with Gasteiger partial charge in [-0.3, -0.25) is 9.00 Å². The van der Waals surface area contributed by atoms with Crippen LogP contribution in [0.5, 0.6) is 0 Å². The molecule has 37 heavy (non-hydrogen) atoms. The molecule has 0 saturated heterocycles. The lowest BCUT2D eigenvalue weighted by atomic mass is 9.94. The molecular formula is C26H22Cl2N3O4S2-. The van der Waals surface area contributed by atoms with E-state index in [0.717, 1.165) is 33.7 Å². The van der Waals surface area contributed by atoms with Gasteiger partial charge < -0.3 is 14.4 Å². The first kappa shape index (κ1) is 26.1. The molecule has 0 bridgehead atoms. The third kappa shape index (κ3) is 5.37. The van der Waals surface area contributed by atoms with Gasteiger partial charge in [0, 0.05) is 31.4 Å². The molecule has 2 aromatic heterocycles. The minimum atomic E-state index is -2.20. The predicted octanol–water partition coefficient (Wildman–Crippen LogP) is 6.61. The van der Waals surface area contributed by atoms with Crippen molar-refractivity contribution in [2.75, 3.05) is 5.32 Å². The quantitative estimate of drug-likeness (QED) is 0.237. The zero-order valence-corrected chi connectivity index (χ0v) is 23.1. The summed E-state index contributed by atoms with van der Waals surface area (Å²) in [7, 11) is 0. The number of thiophene rings is 1. The van der Waals surface area contributed by atoms with E-state index in [2.05, 4.69) is 15.5 Å². The van der Waals surface area contributed by atoms with Gasteiger partial charge in [-0.1, -0.05) is 52.6 Å². The van der Waals surface area contributed by atoms with Crippen LogP contribution in [0.4, 0.5) is 5.69 Å². The van der Waals surface area contributed by atoms with Crippen LogP contribution in [0.15, 0.2) is 53.1 Å². The largest absolute Gasteiger partial charge is 0.772 e. The smallest absolute Gasteiger partial charge is 0.268 e. The molecule has 1 fully saturated rings. The highest BCUT2D eigenvalue weighted by Gasteiger charge is 2.52. The number of hydrogen-bond donors (Lipinski definition) is 1. The molecule has 1 saturated carbocycles. The van der Waals surface area contributed by atoms with E-state index < -0.39 is 21.7 Å². The molecule has 7 nitrogen and oxygen atoms in total. The van der Waals surface area contributed by atoms with Crippen LogP contribution in [-0.2, 0) is 27.7 Å². The lowest BCUT2D eigenvalue weighted by Gasteiger charge is -2.17. The zero-order valence-electron chi connectivity index (χ0n) is 19.9. The van der Waals surface area contributed by atoms with Crippen molar-refractivity contribution in [1.82, 2.24) is 10.1 Å². The van der Waals surface area contributed by atoms with Crippen LogP contribution >= 0.6 is 34.5 Å². The van der Waals surface area contributed by atoms with E-state index in [1.807, 2.05) is 19.1 Å². The minimum absolute atomic E-state index is 0.115. The maximum atomic E-state index is 12.7. The van der Waals surface area contributed by atoms with Crippen molar-refractivity contribution in [3.8, 4) is 10.8 Å². The number of carbonyl (C=O) groups excluding carboxylic acids is 1. The number of anilines is 1. The lowest BCUT2D eigenvalue weighted by Crippen LogP contribution is -2.16. The monoisotopic (exact) mass is 574 g/mol. The SMILES string of the molecule is Cc1ccc(-c2nc(C3(c4c(Cl)cc(NC(=O)Cc5ccc(C(C)S(=O)[O-])cc5)cc4Cl)CC3)no2)s1. The average molecular weight is 576 g/mol. The number of aromatic nitrogens is 2. The maximum Gasteiger partial charge on any atom is 0.268 e. The molecule has 1 N–H and O–H groups in total. The Bertz CT molecular complexity index is 1470. The fourth-order valence-corrected chi connectivity index (χ4v) is 6.31. The Morgan fingerprint density at radius 1 is 1.19 bits per heavy atom. The van der Waals surface area contributed by atoms with Crippen molar-refractivity contribution in [2.45, 2.75) is 43.8 Å². The summed E-state index contributed by atoms with van der Waals surface area (Å²) in [5.41, 5.74) is 2.11. The number of rotatable bonds is 8. The molecule has 1 aliphatic rings. The highest BCUT2D eigenvalue weighted by molar-refractivity contribution is 7.79. The van der Waals surface area contributed by atoms with Crippen molar-refractivity contribution in [1.29, 1.82) is 0 Å². The summed E-state index contributed by atoms with van der Waals surface area (Å²) in [4.78, 5) is 19.4. The van der Waals surface area contributed by atoms with Crippen molar-refractivity contribution in [3.63, 3.8) is 0 Å². The van der Waals surface area contributed by atoms with Crippen molar-refractivity contribution < 1.29 is 18.1 Å². The number of amides is 1. The molecule has 192 valence electrons. The number of benzene rings is 2. The molecular weight excluding hydrogens is 553 g/mol. The Balaban J connectivity index is 1.31. The number of nitrogens with zero attached hydrogens (tertiary/aromatic N) is 2. The van der Waals surface area contributed by atoms with Crippen LogP contribution in [0.2, 0.25) is 10.0 Å². The molecule has 2 aromatic carbocycles. The number of halogens is 2. The number of carbonyl (C=O) groups is 1. The fourth-order valence-electron chi connectivity index (χ4n) is 4.29. The van der Waals surface area contributed by atoms with Crippen LogP contribution < -0.4 is 5.32 Å². The second-order valence-electron chi connectivity index (χ2n) is 9.10. The predicted molar refractivity (Wildman–Crippen MR) is 145 cm³/mol. The molecule has 2 heterocycles. The summed E-state index contributed by atoms with van der Waals surface area (Å²) < 4.78 is 27.8. The summed E-state index contributed by atoms with van der Waals surface area (Å²) in [5, 5.41) is 7.30. The molecule has 0 aliphatic heterocycles. The number of nitrogens with one attached hydrogen (secondary N) is 1. The Morgan fingerprint density at radius 3 is 2.43 bits per heavy atom. The third-order valence-electron chi connectivity index (χ3n) is 6.46. The first-order valence-electron chi connectivity index (χ1n) is 11.5. The van der Waals surface area contributed by atoms with E-state index in [1.165, 1.54) is 0 Å². The molecule has 0 spiro atoms. The molecule has 11 heteroatoms. The van der Waals surface area contributed by atoms with E-state index in [4.69, 9.17) is 27.7 Å². The van der Waals surface area contributed by atoms with Gasteiger partial charge in [0.05, 0.1) is 16.7 Å². The highest BCUT2D eigenvalue weighted by atomic mass is 35.5. The average Bonchev–Trinajstić information content (AvgIpc) is 3.25. The standard InChI is InChI=1S/C26H23Cl2N3O4S2/c1-14-3-8-21(36-14)24-30-25(31-35-24)26(9-10-26)23-19(27)12-18(13-20(23)28)29-22(32)11-16-4-6-17(7-5-16)15(2)37(33)34/h3-8,12-13,15H,9-11H2,1-2H3,(H,29,32)(H,33,34)/p-1. The van der Waals surface area contributed by atoms with E-state index >= 15 is 0 Å². The molecule has 5 rings (SSSR count). The zero-order chi connectivity index (χ0) is 26.3. The Hall–Kier alpha value is -2.56. The van der Waals surface area contributed by atoms with Gasteiger partial charge in [0.15, 0.2) is 5.82 Å². The number of aryl methyl sites for hydroxylation is 1. The third-order valence-corrected chi connectivity index (χ3v) is 8.90. The van der Waals surface area contributed by atoms with Gasteiger partial charge in [-0.15, -0.1) is 11.3 Å². The lowest BCUT2D eigenvalue weighted by molar-refractivity contribution is -0.115. The molecule has 2 unspecified atom stereocenters.